The molecule has 1 amide bonds. The number of nitrogens with zero attached hydrogens (tertiary/aromatic N) is 3. The van der Waals surface area contributed by atoms with Gasteiger partial charge in [0.25, 0.3) is 5.22 Å². The summed E-state index contributed by atoms with van der Waals surface area (Å²) in [4.78, 5) is 13.8. The number of carbonyl (C=O) groups is 1. The van der Waals surface area contributed by atoms with Crippen molar-refractivity contribution in [3.63, 3.8) is 0 Å². The smallest absolute Gasteiger partial charge is 0.277 e. The molecule has 0 unspecified atom stereocenters. The largest absolute Gasteiger partial charge is 0.467 e. The van der Waals surface area contributed by atoms with Crippen LogP contribution in [-0.4, -0.2) is 33.8 Å². The third-order valence-corrected chi connectivity index (χ3v) is 4.40. The van der Waals surface area contributed by atoms with Crippen molar-refractivity contribution in [3.05, 3.63) is 53.5 Å². The van der Waals surface area contributed by atoms with Crippen molar-refractivity contribution in [3.8, 4) is 11.5 Å². The average molecular weight is 357 g/mol. The van der Waals surface area contributed by atoms with Gasteiger partial charge in [-0.3, -0.25) is 4.79 Å². The number of aryl methyl sites for hydroxylation is 2. The first kappa shape index (κ1) is 17.3. The highest BCUT2D eigenvalue weighted by molar-refractivity contribution is 7.99. The van der Waals surface area contributed by atoms with E-state index in [0.29, 0.717) is 17.7 Å². The standard InChI is InChI=1S/C18H19N3O3S/c1-12-7-13(2)9-14(8-12)17-19-20-18(24-17)25-11-16(22)21(3)10-15-5-4-6-23-15/h4-9H,10-11H2,1-3H3. The Morgan fingerprint density at radius 2 is 1.96 bits per heavy atom. The molecule has 0 N–H and O–H groups in total. The minimum absolute atomic E-state index is 0.0347. The van der Waals surface area contributed by atoms with Crippen molar-refractivity contribution in [1.82, 2.24) is 15.1 Å². The summed E-state index contributed by atoms with van der Waals surface area (Å²) >= 11 is 1.23. The third-order valence-electron chi connectivity index (χ3n) is 3.59. The molecule has 7 heteroatoms. The molecule has 2 aromatic heterocycles. The SMILES string of the molecule is Cc1cc(C)cc(-c2nnc(SCC(=O)N(C)Cc3ccco3)o2)c1. The summed E-state index contributed by atoms with van der Waals surface area (Å²) in [6, 6.07) is 9.72. The molecular weight excluding hydrogens is 338 g/mol. The predicted octanol–water partition coefficient (Wildman–Crippen LogP) is 3.70. The number of furan rings is 1. The predicted molar refractivity (Wildman–Crippen MR) is 95.1 cm³/mol. The Morgan fingerprint density at radius 1 is 1.20 bits per heavy atom. The lowest BCUT2D eigenvalue weighted by atomic mass is 10.1. The Bertz CT molecular complexity index is 838. The maximum Gasteiger partial charge on any atom is 0.277 e. The van der Waals surface area contributed by atoms with E-state index in [0.717, 1.165) is 22.5 Å². The van der Waals surface area contributed by atoms with Crippen LogP contribution in [0.25, 0.3) is 11.5 Å². The maximum absolute atomic E-state index is 12.2. The third kappa shape index (κ3) is 4.51. The van der Waals surface area contributed by atoms with Gasteiger partial charge in [-0.1, -0.05) is 29.0 Å². The van der Waals surface area contributed by atoms with Crippen LogP contribution in [-0.2, 0) is 11.3 Å². The van der Waals surface area contributed by atoms with Crippen molar-refractivity contribution in [2.45, 2.75) is 25.6 Å². The molecule has 0 aliphatic rings. The van der Waals surface area contributed by atoms with E-state index < -0.39 is 0 Å². The van der Waals surface area contributed by atoms with E-state index in [1.165, 1.54) is 11.8 Å². The Morgan fingerprint density at radius 3 is 2.64 bits per heavy atom. The van der Waals surface area contributed by atoms with E-state index >= 15 is 0 Å². The molecule has 0 aliphatic heterocycles. The zero-order valence-electron chi connectivity index (χ0n) is 14.4. The Hall–Kier alpha value is -2.54. The van der Waals surface area contributed by atoms with Gasteiger partial charge in [0.1, 0.15) is 5.76 Å². The van der Waals surface area contributed by atoms with Crippen LogP contribution in [0.1, 0.15) is 16.9 Å². The number of benzene rings is 1. The van der Waals surface area contributed by atoms with Gasteiger partial charge in [0, 0.05) is 12.6 Å². The fourth-order valence-electron chi connectivity index (χ4n) is 2.44. The first-order chi connectivity index (χ1) is 12.0. The summed E-state index contributed by atoms with van der Waals surface area (Å²) in [6.45, 7) is 4.48. The summed E-state index contributed by atoms with van der Waals surface area (Å²) in [5, 5.41) is 8.47. The van der Waals surface area contributed by atoms with Gasteiger partial charge in [-0.15, -0.1) is 10.2 Å². The van der Waals surface area contributed by atoms with Crippen molar-refractivity contribution < 1.29 is 13.6 Å². The van der Waals surface area contributed by atoms with Gasteiger partial charge in [-0.05, 0) is 38.1 Å². The van der Waals surface area contributed by atoms with Gasteiger partial charge in [-0.2, -0.15) is 0 Å². The van der Waals surface area contributed by atoms with Gasteiger partial charge < -0.3 is 13.7 Å². The molecule has 0 spiro atoms. The minimum atomic E-state index is -0.0347. The number of amides is 1. The molecule has 0 radical (unpaired) electrons. The van der Waals surface area contributed by atoms with Gasteiger partial charge in [0.15, 0.2) is 0 Å². The molecule has 0 aliphatic carbocycles. The van der Waals surface area contributed by atoms with Crippen molar-refractivity contribution in [1.29, 1.82) is 0 Å². The second-order valence-electron chi connectivity index (χ2n) is 5.87. The highest BCUT2D eigenvalue weighted by Gasteiger charge is 2.15. The quantitative estimate of drug-likeness (QED) is 0.627. The van der Waals surface area contributed by atoms with Gasteiger partial charge in [-0.25, -0.2) is 0 Å². The van der Waals surface area contributed by atoms with Crippen molar-refractivity contribution in [2.24, 2.45) is 0 Å². The van der Waals surface area contributed by atoms with Crippen molar-refractivity contribution >= 4 is 17.7 Å². The molecule has 1 aromatic carbocycles. The van der Waals surface area contributed by atoms with Crippen LogP contribution >= 0.6 is 11.8 Å². The molecule has 0 fully saturated rings. The van der Waals surface area contributed by atoms with Gasteiger partial charge in [0.2, 0.25) is 11.8 Å². The van der Waals surface area contributed by atoms with Crippen LogP contribution < -0.4 is 0 Å². The molecule has 6 nitrogen and oxygen atoms in total. The molecular formula is C18H19N3O3S. The second-order valence-corrected chi connectivity index (χ2v) is 6.79. The average Bonchev–Trinajstić information content (AvgIpc) is 3.23. The molecule has 3 rings (SSSR count). The number of thioether (sulfide) groups is 1. The molecule has 0 saturated heterocycles. The first-order valence-corrected chi connectivity index (χ1v) is 8.81. The minimum Gasteiger partial charge on any atom is -0.467 e. The Labute approximate surface area is 150 Å². The highest BCUT2D eigenvalue weighted by Crippen LogP contribution is 2.25. The maximum atomic E-state index is 12.2. The lowest BCUT2D eigenvalue weighted by Gasteiger charge is -2.14. The van der Waals surface area contributed by atoms with E-state index in [9.17, 15) is 4.79 Å². The molecule has 0 atom stereocenters. The lowest BCUT2D eigenvalue weighted by molar-refractivity contribution is -0.127. The summed E-state index contributed by atoms with van der Waals surface area (Å²) in [7, 11) is 1.74. The van der Waals surface area contributed by atoms with Crippen LogP contribution in [0.4, 0.5) is 0 Å². The number of carbonyl (C=O) groups excluding carboxylic acids is 1. The van der Waals surface area contributed by atoms with Gasteiger partial charge in [0.05, 0.1) is 18.6 Å². The number of rotatable bonds is 6. The van der Waals surface area contributed by atoms with E-state index in [1.54, 1.807) is 24.3 Å². The highest BCUT2D eigenvalue weighted by atomic mass is 32.2. The molecule has 0 saturated carbocycles. The fraction of sp³-hybridized carbons (Fsp3) is 0.278. The van der Waals surface area contributed by atoms with E-state index in [-0.39, 0.29) is 11.7 Å². The van der Waals surface area contributed by atoms with Crippen LogP contribution in [0, 0.1) is 13.8 Å². The number of hydrogen-bond acceptors (Lipinski definition) is 6. The van der Waals surface area contributed by atoms with Crippen LogP contribution in [0.2, 0.25) is 0 Å². The molecule has 130 valence electrons. The zero-order valence-corrected chi connectivity index (χ0v) is 15.2. The van der Waals surface area contributed by atoms with E-state index in [2.05, 4.69) is 16.3 Å². The molecule has 2 heterocycles. The Balaban J connectivity index is 1.59. The fourth-order valence-corrected chi connectivity index (χ4v) is 3.14. The summed E-state index contributed by atoms with van der Waals surface area (Å²) in [5.41, 5.74) is 3.16. The van der Waals surface area contributed by atoms with E-state index in [4.69, 9.17) is 8.83 Å². The molecule has 25 heavy (non-hydrogen) atoms. The Kier molecular flexibility index (Phi) is 5.23. The molecule has 0 bridgehead atoms. The van der Waals surface area contributed by atoms with Crippen LogP contribution in [0.5, 0.6) is 0 Å². The van der Waals surface area contributed by atoms with Crippen molar-refractivity contribution in [2.75, 3.05) is 12.8 Å². The van der Waals surface area contributed by atoms with Crippen LogP contribution in [0.15, 0.2) is 50.7 Å². The summed E-state index contributed by atoms with van der Waals surface area (Å²) in [5.74, 6) is 1.40. The lowest BCUT2D eigenvalue weighted by Crippen LogP contribution is -2.27. The second kappa shape index (κ2) is 7.57. The normalized spacial score (nSPS) is 10.8. The number of hydrogen-bond donors (Lipinski definition) is 0. The summed E-state index contributed by atoms with van der Waals surface area (Å²) in [6.07, 6.45) is 1.59. The topological polar surface area (TPSA) is 72.4 Å². The first-order valence-electron chi connectivity index (χ1n) is 7.82. The summed E-state index contributed by atoms with van der Waals surface area (Å²) < 4.78 is 10.9. The van der Waals surface area contributed by atoms with E-state index in [1.807, 2.05) is 32.0 Å². The number of aromatic nitrogens is 2. The van der Waals surface area contributed by atoms with Gasteiger partial charge >= 0.3 is 0 Å². The monoisotopic (exact) mass is 357 g/mol. The zero-order chi connectivity index (χ0) is 17.8. The molecule has 3 aromatic rings. The van der Waals surface area contributed by atoms with Crippen LogP contribution in [0.3, 0.4) is 0 Å².